The second-order valence-electron chi connectivity index (χ2n) is 3.86. The van der Waals surface area contributed by atoms with Gasteiger partial charge in [-0.05, 0) is 37.7 Å². The van der Waals surface area contributed by atoms with Gasteiger partial charge in [0.2, 0.25) is 0 Å². The molecule has 0 bridgehead atoms. The molecule has 0 saturated carbocycles. The first kappa shape index (κ1) is 9.62. The van der Waals surface area contributed by atoms with E-state index in [-0.39, 0.29) is 5.41 Å². The van der Waals surface area contributed by atoms with Crippen LogP contribution >= 0.6 is 0 Å². The standard InChI is InChI=1S/C11H16N2O/c1-12-7-4-11(8-14-9-11)10-2-5-13-6-3-10/h2-3,5-6,12H,4,7-9H2,1H3. The predicted octanol–water partition coefficient (Wildman–Crippen LogP) is 0.959. The first-order valence-electron chi connectivity index (χ1n) is 5.00. The van der Waals surface area contributed by atoms with Crippen LogP contribution in [0.3, 0.4) is 0 Å². The SMILES string of the molecule is CNCCC1(c2ccncc2)COC1. The molecule has 1 N–H and O–H groups in total. The summed E-state index contributed by atoms with van der Waals surface area (Å²) < 4.78 is 5.34. The lowest BCUT2D eigenvalue weighted by Gasteiger charge is -2.42. The third kappa shape index (κ3) is 1.65. The van der Waals surface area contributed by atoms with Crippen LogP contribution in [0.15, 0.2) is 24.5 Å². The normalized spacial score (nSPS) is 18.9. The number of rotatable bonds is 4. The topological polar surface area (TPSA) is 34.2 Å². The molecule has 1 aromatic rings. The number of nitrogens with one attached hydrogen (secondary N) is 1. The van der Waals surface area contributed by atoms with Crippen molar-refractivity contribution < 1.29 is 4.74 Å². The number of aromatic nitrogens is 1. The molecule has 3 nitrogen and oxygen atoms in total. The Bertz CT molecular complexity index is 283. The highest BCUT2D eigenvalue weighted by atomic mass is 16.5. The first-order chi connectivity index (χ1) is 6.87. The van der Waals surface area contributed by atoms with Crippen LogP contribution < -0.4 is 5.32 Å². The summed E-state index contributed by atoms with van der Waals surface area (Å²) in [5.41, 5.74) is 1.60. The van der Waals surface area contributed by atoms with Crippen molar-refractivity contribution in [2.45, 2.75) is 11.8 Å². The molecule has 0 aromatic carbocycles. The van der Waals surface area contributed by atoms with E-state index in [1.54, 1.807) is 0 Å². The third-order valence-electron chi connectivity index (χ3n) is 2.90. The average molecular weight is 192 g/mol. The summed E-state index contributed by atoms with van der Waals surface area (Å²) >= 11 is 0. The molecule has 0 spiro atoms. The first-order valence-corrected chi connectivity index (χ1v) is 5.00. The van der Waals surface area contributed by atoms with E-state index in [1.807, 2.05) is 19.4 Å². The Balaban J connectivity index is 2.12. The van der Waals surface area contributed by atoms with Crippen molar-refractivity contribution in [3.8, 4) is 0 Å². The average Bonchev–Trinajstić information content (AvgIpc) is 2.18. The van der Waals surface area contributed by atoms with Gasteiger partial charge in [-0.1, -0.05) is 0 Å². The number of hydrogen-bond acceptors (Lipinski definition) is 3. The van der Waals surface area contributed by atoms with Crippen LogP contribution in [0.1, 0.15) is 12.0 Å². The highest BCUT2D eigenvalue weighted by Crippen LogP contribution is 2.34. The molecule has 0 aliphatic carbocycles. The van der Waals surface area contributed by atoms with Crippen molar-refractivity contribution in [3.63, 3.8) is 0 Å². The zero-order valence-electron chi connectivity index (χ0n) is 8.49. The Morgan fingerprint density at radius 1 is 1.43 bits per heavy atom. The van der Waals surface area contributed by atoms with Gasteiger partial charge in [0.25, 0.3) is 0 Å². The molecule has 1 aliphatic rings. The lowest BCUT2D eigenvalue weighted by Crippen LogP contribution is -2.48. The van der Waals surface area contributed by atoms with Crippen LogP contribution in [-0.2, 0) is 10.2 Å². The van der Waals surface area contributed by atoms with Crippen molar-refractivity contribution in [3.05, 3.63) is 30.1 Å². The predicted molar refractivity (Wildman–Crippen MR) is 55.3 cm³/mol. The zero-order chi connectivity index (χ0) is 9.86. The molecule has 14 heavy (non-hydrogen) atoms. The van der Waals surface area contributed by atoms with E-state index in [9.17, 15) is 0 Å². The molecule has 0 radical (unpaired) electrons. The number of nitrogens with zero attached hydrogens (tertiary/aromatic N) is 1. The molecule has 1 fully saturated rings. The van der Waals surface area contributed by atoms with Gasteiger partial charge < -0.3 is 10.1 Å². The van der Waals surface area contributed by atoms with Gasteiger partial charge >= 0.3 is 0 Å². The molecular weight excluding hydrogens is 176 g/mol. The summed E-state index contributed by atoms with van der Waals surface area (Å²) in [6.45, 7) is 2.73. The summed E-state index contributed by atoms with van der Waals surface area (Å²) in [7, 11) is 1.99. The van der Waals surface area contributed by atoms with Crippen LogP contribution in [0.2, 0.25) is 0 Å². The summed E-state index contributed by atoms with van der Waals surface area (Å²) in [6, 6.07) is 4.19. The van der Waals surface area contributed by atoms with Crippen LogP contribution in [-0.4, -0.2) is 31.8 Å². The monoisotopic (exact) mass is 192 g/mol. The summed E-state index contributed by atoms with van der Waals surface area (Å²) in [4.78, 5) is 4.04. The summed E-state index contributed by atoms with van der Waals surface area (Å²) in [5.74, 6) is 0. The van der Waals surface area contributed by atoms with Gasteiger partial charge in [-0.15, -0.1) is 0 Å². The minimum absolute atomic E-state index is 0.242. The van der Waals surface area contributed by atoms with Gasteiger partial charge in [0.05, 0.1) is 13.2 Å². The fourth-order valence-corrected chi connectivity index (χ4v) is 1.87. The largest absolute Gasteiger partial charge is 0.379 e. The van der Waals surface area contributed by atoms with Crippen LogP contribution in [0.5, 0.6) is 0 Å². The van der Waals surface area contributed by atoms with Gasteiger partial charge in [-0.2, -0.15) is 0 Å². The molecule has 0 atom stereocenters. The summed E-state index contributed by atoms with van der Waals surface area (Å²) in [5, 5.41) is 3.19. The van der Waals surface area contributed by atoms with Gasteiger partial charge in [-0.25, -0.2) is 0 Å². The van der Waals surface area contributed by atoms with Gasteiger partial charge in [0, 0.05) is 17.8 Å². The molecule has 1 aromatic heterocycles. The Kier molecular flexibility index (Phi) is 2.79. The lowest BCUT2D eigenvalue weighted by atomic mass is 9.76. The second-order valence-corrected chi connectivity index (χ2v) is 3.86. The lowest BCUT2D eigenvalue weighted by molar-refractivity contribution is -0.0638. The fourth-order valence-electron chi connectivity index (χ4n) is 1.87. The van der Waals surface area contributed by atoms with E-state index in [0.717, 1.165) is 26.2 Å². The Hall–Kier alpha value is -0.930. The molecule has 0 amide bonds. The maximum Gasteiger partial charge on any atom is 0.0586 e. The Labute approximate surface area is 84.5 Å². The molecule has 2 heterocycles. The number of ether oxygens (including phenoxy) is 1. The fraction of sp³-hybridized carbons (Fsp3) is 0.545. The highest BCUT2D eigenvalue weighted by molar-refractivity contribution is 5.25. The van der Waals surface area contributed by atoms with Crippen LogP contribution in [0.25, 0.3) is 0 Å². The van der Waals surface area contributed by atoms with Crippen molar-refractivity contribution in [2.75, 3.05) is 26.8 Å². The third-order valence-corrected chi connectivity index (χ3v) is 2.90. The van der Waals surface area contributed by atoms with Crippen molar-refractivity contribution in [1.82, 2.24) is 10.3 Å². The Morgan fingerprint density at radius 2 is 2.14 bits per heavy atom. The molecule has 0 unspecified atom stereocenters. The molecule has 76 valence electrons. The minimum atomic E-state index is 0.242. The molecule has 1 saturated heterocycles. The van der Waals surface area contributed by atoms with Crippen LogP contribution in [0, 0.1) is 0 Å². The number of pyridine rings is 1. The quantitative estimate of drug-likeness (QED) is 0.771. The van der Waals surface area contributed by atoms with E-state index in [1.165, 1.54) is 5.56 Å². The number of hydrogen-bond donors (Lipinski definition) is 1. The molecule has 2 rings (SSSR count). The van der Waals surface area contributed by atoms with Crippen molar-refractivity contribution >= 4 is 0 Å². The zero-order valence-corrected chi connectivity index (χ0v) is 8.49. The smallest absolute Gasteiger partial charge is 0.0586 e. The van der Waals surface area contributed by atoms with Crippen molar-refractivity contribution in [2.24, 2.45) is 0 Å². The second kappa shape index (κ2) is 4.07. The Morgan fingerprint density at radius 3 is 2.64 bits per heavy atom. The summed E-state index contributed by atoms with van der Waals surface area (Å²) in [6.07, 6.45) is 4.84. The van der Waals surface area contributed by atoms with E-state index < -0.39 is 0 Å². The van der Waals surface area contributed by atoms with E-state index in [4.69, 9.17) is 4.74 Å². The van der Waals surface area contributed by atoms with Gasteiger partial charge in [-0.3, -0.25) is 4.98 Å². The molecule has 1 aliphatic heterocycles. The van der Waals surface area contributed by atoms with Crippen LogP contribution in [0.4, 0.5) is 0 Å². The van der Waals surface area contributed by atoms with E-state index >= 15 is 0 Å². The highest BCUT2D eigenvalue weighted by Gasteiger charge is 2.39. The maximum absolute atomic E-state index is 5.34. The van der Waals surface area contributed by atoms with E-state index in [2.05, 4.69) is 22.4 Å². The molecule has 3 heteroatoms. The maximum atomic E-state index is 5.34. The van der Waals surface area contributed by atoms with Gasteiger partial charge in [0.15, 0.2) is 0 Å². The van der Waals surface area contributed by atoms with Gasteiger partial charge in [0.1, 0.15) is 0 Å². The molecular formula is C11H16N2O. The van der Waals surface area contributed by atoms with Crippen molar-refractivity contribution in [1.29, 1.82) is 0 Å². The van der Waals surface area contributed by atoms with E-state index in [0.29, 0.717) is 0 Å². The minimum Gasteiger partial charge on any atom is -0.379 e.